The predicted molar refractivity (Wildman–Crippen MR) is 72.9 cm³/mol. The standard InChI is InChI=1S/C14H14BrF2NO/c1-2-4-18-14(9-3-5-19-8-9)10-6-13(17)11(15)7-12(10)16/h3,5-8,14,18H,2,4H2,1H3. The monoisotopic (exact) mass is 329 g/mol. The Balaban J connectivity index is 2.40. The van der Waals surface area contributed by atoms with Gasteiger partial charge in [-0.3, -0.25) is 0 Å². The largest absolute Gasteiger partial charge is 0.472 e. The van der Waals surface area contributed by atoms with E-state index < -0.39 is 17.7 Å². The van der Waals surface area contributed by atoms with Crippen molar-refractivity contribution < 1.29 is 13.2 Å². The first-order chi connectivity index (χ1) is 9.13. The Labute approximate surface area is 118 Å². The van der Waals surface area contributed by atoms with Crippen molar-refractivity contribution in [3.8, 4) is 0 Å². The van der Waals surface area contributed by atoms with E-state index in [1.165, 1.54) is 18.6 Å². The SMILES string of the molecule is CCCNC(c1ccoc1)c1cc(F)c(Br)cc1F. The first kappa shape index (κ1) is 14.2. The fourth-order valence-corrected chi connectivity index (χ4v) is 2.21. The second-order valence-electron chi connectivity index (χ2n) is 4.23. The van der Waals surface area contributed by atoms with E-state index in [0.717, 1.165) is 18.1 Å². The summed E-state index contributed by atoms with van der Waals surface area (Å²) in [5.74, 6) is -0.939. The molecule has 0 spiro atoms. The second-order valence-corrected chi connectivity index (χ2v) is 5.09. The molecule has 19 heavy (non-hydrogen) atoms. The van der Waals surface area contributed by atoms with Gasteiger partial charge in [0, 0.05) is 11.1 Å². The van der Waals surface area contributed by atoms with Crippen LogP contribution in [0.4, 0.5) is 8.78 Å². The molecule has 1 N–H and O–H groups in total. The number of hydrogen-bond donors (Lipinski definition) is 1. The Hall–Kier alpha value is -1.20. The highest BCUT2D eigenvalue weighted by Gasteiger charge is 2.20. The number of halogens is 3. The van der Waals surface area contributed by atoms with E-state index in [9.17, 15) is 8.78 Å². The van der Waals surface area contributed by atoms with Crippen molar-refractivity contribution >= 4 is 15.9 Å². The molecule has 5 heteroatoms. The molecule has 1 atom stereocenters. The number of nitrogens with one attached hydrogen (secondary N) is 1. The normalized spacial score (nSPS) is 12.6. The molecule has 0 radical (unpaired) electrons. The Morgan fingerprint density at radius 2 is 2.11 bits per heavy atom. The van der Waals surface area contributed by atoms with Crippen LogP contribution in [-0.2, 0) is 0 Å². The van der Waals surface area contributed by atoms with Gasteiger partial charge in [0.05, 0.1) is 23.0 Å². The van der Waals surface area contributed by atoms with Crippen LogP contribution in [0, 0.1) is 11.6 Å². The zero-order valence-electron chi connectivity index (χ0n) is 10.4. The summed E-state index contributed by atoms with van der Waals surface area (Å²) in [6, 6.07) is 3.68. The van der Waals surface area contributed by atoms with Crippen molar-refractivity contribution in [2.75, 3.05) is 6.54 Å². The Kier molecular flexibility index (Phi) is 4.71. The summed E-state index contributed by atoms with van der Waals surface area (Å²) in [6.45, 7) is 2.71. The number of hydrogen-bond acceptors (Lipinski definition) is 2. The lowest BCUT2D eigenvalue weighted by Gasteiger charge is -2.18. The zero-order chi connectivity index (χ0) is 13.8. The van der Waals surface area contributed by atoms with E-state index in [-0.39, 0.29) is 10.0 Å². The van der Waals surface area contributed by atoms with Gasteiger partial charge in [-0.25, -0.2) is 8.78 Å². The van der Waals surface area contributed by atoms with Crippen LogP contribution in [0.2, 0.25) is 0 Å². The van der Waals surface area contributed by atoms with Crippen molar-refractivity contribution in [2.24, 2.45) is 0 Å². The lowest BCUT2D eigenvalue weighted by atomic mass is 10.0. The smallest absolute Gasteiger partial charge is 0.137 e. The summed E-state index contributed by atoms with van der Waals surface area (Å²) in [7, 11) is 0. The molecule has 2 aromatic rings. The van der Waals surface area contributed by atoms with Crippen LogP contribution in [0.1, 0.15) is 30.5 Å². The molecule has 2 nitrogen and oxygen atoms in total. The minimum atomic E-state index is -0.483. The third-order valence-electron chi connectivity index (χ3n) is 2.83. The summed E-state index contributed by atoms with van der Waals surface area (Å²) in [5, 5.41) is 3.19. The van der Waals surface area contributed by atoms with Gasteiger partial charge < -0.3 is 9.73 Å². The van der Waals surface area contributed by atoms with Gasteiger partial charge in [-0.1, -0.05) is 6.92 Å². The summed E-state index contributed by atoms with van der Waals surface area (Å²) in [6.07, 6.45) is 3.95. The molecule has 0 saturated heterocycles. The topological polar surface area (TPSA) is 25.2 Å². The summed E-state index contributed by atoms with van der Waals surface area (Å²) < 4.78 is 32.8. The van der Waals surface area contributed by atoms with Crippen LogP contribution < -0.4 is 5.32 Å². The third-order valence-corrected chi connectivity index (χ3v) is 3.43. The van der Waals surface area contributed by atoms with Crippen molar-refractivity contribution in [1.82, 2.24) is 5.32 Å². The fourth-order valence-electron chi connectivity index (χ4n) is 1.89. The van der Waals surface area contributed by atoms with Crippen LogP contribution in [0.15, 0.2) is 39.6 Å². The van der Waals surface area contributed by atoms with Gasteiger partial charge in [0.15, 0.2) is 0 Å². The molecule has 0 aliphatic carbocycles. The summed E-state index contributed by atoms with van der Waals surface area (Å²) in [5.41, 5.74) is 1.05. The Morgan fingerprint density at radius 3 is 2.74 bits per heavy atom. The van der Waals surface area contributed by atoms with E-state index in [1.807, 2.05) is 6.92 Å². The second kappa shape index (κ2) is 6.30. The molecular formula is C14H14BrF2NO. The van der Waals surface area contributed by atoms with Crippen molar-refractivity contribution in [2.45, 2.75) is 19.4 Å². The maximum Gasteiger partial charge on any atom is 0.137 e. The van der Waals surface area contributed by atoms with Crippen molar-refractivity contribution in [3.05, 3.63) is 58.0 Å². The molecule has 1 heterocycles. The van der Waals surface area contributed by atoms with Gasteiger partial charge in [-0.05, 0) is 47.1 Å². The molecule has 2 rings (SSSR count). The minimum absolute atomic E-state index is 0.121. The maximum absolute atomic E-state index is 14.0. The molecule has 0 saturated carbocycles. The van der Waals surface area contributed by atoms with E-state index in [0.29, 0.717) is 6.54 Å². The molecule has 1 unspecified atom stereocenters. The van der Waals surface area contributed by atoms with Crippen molar-refractivity contribution in [1.29, 1.82) is 0 Å². The van der Waals surface area contributed by atoms with Gasteiger partial charge in [0.2, 0.25) is 0 Å². The third kappa shape index (κ3) is 3.22. The number of furan rings is 1. The van der Waals surface area contributed by atoms with E-state index in [1.54, 1.807) is 6.07 Å². The maximum atomic E-state index is 14.0. The average molecular weight is 330 g/mol. The Morgan fingerprint density at radius 1 is 1.32 bits per heavy atom. The van der Waals surface area contributed by atoms with E-state index >= 15 is 0 Å². The highest BCUT2D eigenvalue weighted by Crippen LogP contribution is 2.28. The van der Waals surface area contributed by atoms with E-state index in [4.69, 9.17) is 4.42 Å². The highest BCUT2D eigenvalue weighted by atomic mass is 79.9. The van der Waals surface area contributed by atoms with E-state index in [2.05, 4.69) is 21.2 Å². The first-order valence-corrected chi connectivity index (χ1v) is 6.82. The molecule has 102 valence electrons. The lowest BCUT2D eigenvalue weighted by molar-refractivity contribution is 0.522. The summed E-state index contributed by atoms with van der Waals surface area (Å²) >= 11 is 2.98. The average Bonchev–Trinajstić information content (AvgIpc) is 2.89. The number of benzene rings is 1. The molecule has 1 aromatic heterocycles. The molecule has 0 fully saturated rings. The molecule has 0 bridgehead atoms. The van der Waals surface area contributed by atoms with Crippen LogP contribution in [0.25, 0.3) is 0 Å². The predicted octanol–water partition coefficient (Wildman–Crippen LogP) is 4.41. The number of rotatable bonds is 5. The van der Waals surface area contributed by atoms with Crippen LogP contribution >= 0.6 is 15.9 Å². The fraction of sp³-hybridized carbons (Fsp3) is 0.286. The lowest BCUT2D eigenvalue weighted by Crippen LogP contribution is -2.24. The van der Waals surface area contributed by atoms with Crippen LogP contribution in [0.3, 0.4) is 0 Å². The highest BCUT2D eigenvalue weighted by molar-refractivity contribution is 9.10. The van der Waals surface area contributed by atoms with Crippen LogP contribution in [0.5, 0.6) is 0 Å². The first-order valence-electron chi connectivity index (χ1n) is 6.03. The van der Waals surface area contributed by atoms with Gasteiger partial charge >= 0.3 is 0 Å². The van der Waals surface area contributed by atoms with Crippen LogP contribution in [-0.4, -0.2) is 6.54 Å². The van der Waals surface area contributed by atoms with Gasteiger partial charge in [0.25, 0.3) is 0 Å². The molecule has 0 amide bonds. The van der Waals surface area contributed by atoms with Gasteiger partial charge in [0.1, 0.15) is 11.6 Å². The quantitative estimate of drug-likeness (QED) is 0.822. The molecular weight excluding hydrogens is 316 g/mol. The molecule has 1 aromatic carbocycles. The zero-order valence-corrected chi connectivity index (χ0v) is 12.0. The minimum Gasteiger partial charge on any atom is -0.472 e. The van der Waals surface area contributed by atoms with Gasteiger partial charge in [-0.15, -0.1) is 0 Å². The van der Waals surface area contributed by atoms with Gasteiger partial charge in [-0.2, -0.15) is 0 Å². The van der Waals surface area contributed by atoms with Crippen molar-refractivity contribution in [3.63, 3.8) is 0 Å². The summed E-state index contributed by atoms with van der Waals surface area (Å²) in [4.78, 5) is 0. The molecule has 0 aliphatic rings. The Bertz CT molecular complexity index is 543. The molecule has 0 aliphatic heterocycles.